The molecule has 0 bridgehead atoms. The maximum atomic E-state index is 4.71. The van der Waals surface area contributed by atoms with E-state index in [9.17, 15) is 0 Å². The van der Waals surface area contributed by atoms with E-state index in [2.05, 4.69) is 19.3 Å². The van der Waals surface area contributed by atoms with Crippen molar-refractivity contribution in [1.29, 1.82) is 0 Å². The Labute approximate surface area is 69.4 Å². The topological polar surface area (TPSA) is 3.24 Å². The van der Waals surface area contributed by atoms with Crippen molar-refractivity contribution in [3.63, 3.8) is 0 Å². The molecule has 0 amide bonds. The van der Waals surface area contributed by atoms with Crippen LogP contribution in [0.5, 0.6) is 0 Å². The van der Waals surface area contributed by atoms with E-state index in [1.165, 1.54) is 12.8 Å². The number of thiocarbonyl (C=S) groups is 1. The Morgan fingerprint density at radius 3 is 2.40 bits per heavy atom. The Morgan fingerprint density at radius 2 is 2.10 bits per heavy atom. The summed E-state index contributed by atoms with van der Waals surface area (Å²) in [6, 6.07) is 0.600. The zero-order chi connectivity index (χ0) is 7.98. The molecule has 1 radical (unpaired) electrons. The molecule has 0 N–H and O–H groups in total. The Balaban J connectivity index is 3.67. The fourth-order valence-corrected chi connectivity index (χ4v) is 1.23. The lowest BCUT2D eigenvalue weighted by Crippen LogP contribution is -2.28. The molecular weight excluding hydrogens is 142 g/mol. The van der Waals surface area contributed by atoms with E-state index in [4.69, 9.17) is 12.2 Å². The van der Waals surface area contributed by atoms with Gasteiger partial charge in [-0.05, 0) is 12.8 Å². The van der Waals surface area contributed by atoms with E-state index < -0.39 is 0 Å². The van der Waals surface area contributed by atoms with E-state index in [0.29, 0.717) is 6.04 Å². The van der Waals surface area contributed by atoms with Crippen LogP contribution < -0.4 is 0 Å². The van der Waals surface area contributed by atoms with Gasteiger partial charge in [0.25, 0.3) is 0 Å². The molecule has 0 aliphatic rings. The van der Waals surface area contributed by atoms with Gasteiger partial charge in [0, 0.05) is 13.1 Å². The second kappa shape index (κ2) is 5.66. The summed E-state index contributed by atoms with van der Waals surface area (Å²) in [5, 5.41) is 0. The van der Waals surface area contributed by atoms with Gasteiger partial charge in [-0.2, -0.15) is 0 Å². The molecule has 0 aromatic heterocycles. The number of nitrogens with zero attached hydrogens (tertiary/aromatic N) is 1. The highest BCUT2D eigenvalue weighted by Crippen LogP contribution is 2.06. The van der Waals surface area contributed by atoms with Crippen LogP contribution in [0.3, 0.4) is 0 Å². The molecule has 2 heteroatoms. The van der Waals surface area contributed by atoms with Crippen molar-refractivity contribution in [2.45, 2.75) is 39.2 Å². The first kappa shape index (κ1) is 9.89. The monoisotopic (exact) mass is 158 g/mol. The van der Waals surface area contributed by atoms with Crippen molar-refractivity contribution in [3.8, 4) is 0 Å². The lowest BCUT2D eigenvalue weighted by atomic mass is 10.1. The first-order chi connectivity index (χ1) is 4.76. The SMILES string of the molecule is CCCC(CC)N(C)[C]=S. The molecule has 0 fully saturated rings. The third kappa shape index (κ3) is 3.16. The molecular formula is C8H16NS. The van der Waals surface area contributed by atoms with Gasteiger partial charge in [-0.3, -0.25) is 0 Å². The Bertz CT molecular complexity index is 93.3. The zero-order valence-electron chi connectivity index (χ0n) is 7.05. The summed E-state index contributed by atoms with van der Waals surface area (Å²) in [5.41, 5.74) is 2.72. The van der Waals surface area contributed by atoms with E-state index in [1.807, 2.05) is 11.9 Å². The summed E-state index contributed by atoms with van der Waals surface area (Å²) in [4.78, 5) is 2.00. The van der Waals surface area contributed by atoms with Gasteiger partial charge < -0.3 is 4.90 Å². The van der Waals surface area contributed by atoms with Crippen molar-refractivity contribution >= 4 is 17.7 Å². The first-order valence-corrected chi connectivity index (χ1v) is 4.27. The minimum atomic E-state index is 0.600. The summed E-state index contributed by atoms with van der Waals surface area (Å²) >= 11 is 4.71. The van der Waals surface area contributed by atoms with Gasteiger partial charge in [0.2, 0.25) is 0 Å². The standard InChI is InChI=1S/C8H16NS/c1-4-6-8(5-2)9(3)7-10/h8H,4-6H2,1-3H3. The molecule has 0 rings (SSSR count). The predicted molar refractivity (Wildman–Crippen MR) is 49.3 cm³/mol. The highest BCUT2D eigenvalue weighted by Gasteiger charge is 2.07. The zero-order valence-corrected chi connectivity index (χ0v) is 7.87. The van der Waals surface area contributed by atoms with Gasteiger partial charge >= 0.3 is 0 Å². The van der Waals surface area contributed by atoms with E-state index in [-0.39, 0.29) is 0 Å². The smallest absolute Gasteiger partial charge is 0.136 e. The first-order valence-electron chi connectivity index (χ1n) is 3.86. The lowest BCUT2D eigenvalue weighted by Gasteiger charge is -2.22. The normalized spacial score (nSPS) is 12.7. The second-order valence-corrected chi connectivity index (χ2v) is 2.74. The molecule has 0 aliphatic heterocycles. The van der Waals surface area contributed by atoms with Crippen LogP contribution in [0.25, 0.3) is 0 Å². The molecule has 1 nitrogen and oxygen atoms in total. The molecule has 1 atom stereocenters. The van der Waals surface area contributed by atoms with Crippen molar-refractivity contribution in [3.05, 3.63) is 0 Å². The van der Waals surface area contributed by atoms with Crippen LogP contribution >= 0.6 is 12.2 Å². The molecule has 0 aromatic rings. The quantitative estimate of drug-likeness (QED) is 0.446. The summed E-state index contributed by atoms with van der Waals surface area (Å²) in [6.45, 7) is 4.38. The van der Waals surface area contributed by atoms with Crippen LogP contribution in [0.1, 0.15) is 33.1 Å². The second-order valence-electron chi connectivity index (χ2n) is 2.55. The lowest BCUT2D eigenvalue weighted by molar-refractivity contribution is 0.345. The minimum Gasteiger partial charge on any atom is -0.360 e. The van der Waals surface area contributed by atoms with Crippen LogP contribution in [-0.4, -0.2) is 23.5 Å². The average Bonchev–Trinajstić information content (AvgIpc) is 1.99. The maximum absolute atomic E-state index is 4.71. The molecule has 0 spiro atoms. The van der Waals surface area contributed by atoms with Crippen molar-refractivity contribution in [2.24, 2.45) is 0 Å². The molecule has 0 aromatic carbocycles. The summed E-state index contributed by atoms with van der Waals surface area (Å²) < 4.78 is 0. The van der Waals surface area contributed by atoms with Gasteiger partial charge in [-0.25, -0.2) is 0 Å². The van der Waals surface area contributed by atoms with Crippen molar-refractivity contribution < 1.29 is 0 Å². The van der Waals surface area contributed by atoms with Gasteiger partial charge in [0.1, 0.15) is 5.49 Å². The third-order valence-corrected chi connectivity index (χ3v) is 2.07. The van der Waals surface area contributed by atoms with Crippen LogP contribution in [0.2, 0.25) is 0 Å². The fourth-order valence-electron chi connectivity index (χ4n) is 1.08. The number of hydrogen-bond donors (Lipinski definition) is 0. The molecule has 59 valence electrons. The van der Waals surface area contributed by atoms with Crippen molar-refractivity contribution in [1.82, 2.24) is 4.90 Å². The Hall–Kier alpha value is -0.110. The Kier molecular flexibility index (Phi) is 5.60. The van der Waals surface area contributed by atoms with Gasteiger partial charge in [0.15, 0.2) is 0 Å². The molecule has 0 saturated heterocycles. The van der Waals surface area contributed by atoms with Gasteiger partial charge in [-0.15, -0.1) is 0 Å². The predicted octanol–water partition coefficient (Wildman–Crippen LogP) is 2.33. The number of rotatable bonds is 5. The summed E-state index contributed by atoms with van der Waals surface area (Å²) in [7, 11) is 2.00. The van der Waals surface area contributed by atoms with Gasteiger partial charge in [-0.1, -0.05) is 32.5 Å². The molecule has 0 saturated carbocycles. The molecule has 10 heavy (non-hydrogen) atoms. The van der Waals surface area contributed by atoms with Crippen molar-refractivity contribution in [2.75, 3.05) is 7.05 Å². The summed E-state index contributed by atoms with van der Waals surface area (Å²) in [5.74, 6) is 0. The van der Waals surface area contributed by atoms with Crippen LogP contribution in [0.15, 0.2) is 0 Å². The Morgan fingerprint density at radius 1 is 1.50 bits per heavy atom. The highest BCUT2D eigenvalue weighted by molar-refractivity contribution is 7.78. The van der Waals surface area contributed by atoms with Gasteiger partial charge in [0.05, 0.1) is 0 Å². The van der Waals surface area contributed by atoms with Crippen LogP contribution in [0.4, 0.5) is 0 Å². The minimum absolute atomic E-state index is 0.600. The van der Waals surface area contributed by atoms with E-state index in [0.717, 1.165) is 6.42 Å². The van der Waals surface area contributed by atoms with Crippen LogP contribution in [-0.2, 0) is 0 Å². The van der Waals surface area contributed by atoms with Crippen LogP contribution in [0, 0.1) is 0 Å². The summed E-state index contributed by atoms with van der Waals surface area (Å²) in [6.07, 6.45) is 3.60. The largest absolute Gasteiger partial charge is 0.360 e. The molecule has 0 heterocycles. The van der Waals surface area contributed by atoms with E-state index >= 15 is 0 Å². The highest BCUT2D eigenvalue weighted by atomic mass is 32.1. The van der Waals surface area contributed by atoms with E-state index in [1.54, 1.807) is 0 Å². The molecule has 0 aliphatic carbocycles. The number of hydrogen-bond acceptors (Lipinski definition) is 1. The average molecular weight is 158 g/mol. The fraction of sp³-hybridized carbons (Fsp3) is 0.875. The third-order valence-electron chi connectivity index (χ3n) is 1.78. The molecule has 1 unspecified atom stereocenters. The maximum Gasteiger partial charge on any atom is 0.136 e.